The summed E-state index contributed by atoms with van der Waals surface area (Å²) in [6, 6.07) is 13.9. The van der Waals surface area contributed by atoms with Crippen molar-refractivity contribution < 1.29 is 27.0 Å². The van der Waals surface area contributed by atoms with Crippen molar-refractivity contribution in [1.82, 2.24) is 5.32 Å². The van der Waals surface area contributed by atoms with Gasteiger partial charge in [0.2, 0.25) is 0 Å². The van der Waals surface area contributed by atoms with Gasteiger partial charge < -0.3 is 15.2 Å². The molecule has 0 aliphatic heterocycles. The van der Waals surface area contributed by atoms with E-state index in [0.717, 1.165) is 30.6 Å². The number of para-hydroxylation sites is 1. The minimum absolute atomic E-state index is 0.0592. The van der Waals surface area contributed by atoms with Gasteiger partial charge in [-0.25, -0.2) is 4.18 Å². The van der Waals surface area contributed by atoms with E-state index in [1.54, 1.807) is 19.2 Å². The Bertz CT molecular complexity index is 880. The van der Waals surface area contributed by atoms with Crippen molar-refractivity contribution in [1.29, 1.82) is 0 Å². The number of hydrogen-bond acceptors (Lipinski definition) is 6. The number of methoxy groups -OCH3 is 1. The number of ether oxygens (including phenoxy) is 1. The lowest BCUT2D eigenvalue weighted by molar-refractivity contribution is 0.166. The normalized spacial score (nSPS) is 13.2. The summed E-state index contributed by atoms with van der Waals surface area (Å²) < 4.78 is 41.8. The summed E-state index contributed by atoms with van der Waals surface area (Å²) in [6.45, 7) is 4.22. The molecule has 0 saturated heterocycles. The van der Waals surface area contributed by atoms with Crippen LogP contribution in [-0.2, 0) is 21.0 Å². The van der Waals surface area contributed by atoms with Crippen molar-refractivity contribution in [3.8, 4) is 11.5 Å². The number of hydrogen-bond donors (Lipinski definition) is 3. The monoisotopic (exact) mass is 423 g/mol. The highest BCUT2D eigenvalue weighted by Gasteiger charge is 2.24. The molecule has 0 aromatic heterocycles. The molecule has 0 bridgehead atoms. The van der Waals surface area contributed by atoms with Crippen LogP contribution < -0.4 is 10.1 Å². The Labute approximate surface area is 172 Å². The Morgan fingerprint density at radius 1 is 1.10 bits per heavy atom. The molecular weight excluding hydrogens is 394 g/mol. The SMILES string of the molecule is COc1ccccc1CCCC(C)(C)NCC(OS(=O)(=O)O)c1ccc(O)cc1. The van der Waals surface area contributed by atoms with Gasteiger partial charge in [-0.15, -0.1) is 0 Å². The van der Waals surface area contributed by atoms with Crippen LogP contribution in [0.15, 0.2) is 48.5 Å². The molecule has 8 heteroatoms. The van der Waals surface area contributed by atoms with Gasteiger partial charge in [0, 0.05) is 12.1 Å². The second-order valence-corrected chi connectivity index (χ2v) is 8.58. The molecule has 1 unspecified atom stereocenters. The maximum atomic E-state index is 11.2. The number of rotatable bonds is 11. The Balaban J connectivity index is 1.96. The minimum Gasteiger partial charge on any atom is -0.508 e. The molecule has 0 spiro atoms. The first-order valence-corrected chi connectivity index (χ1v) is 10.8. The lowest BCUT2D eigenvalue weighted by Gasteiger charge is -2.29. The van der Waals surface area contributed by atoms with Gasteiger partial charge in [-0.1, -0.05) is 30.3 Å². The molecule has 0 amide bonds. The third kappa shape index (κ3) is 8.02. The van der Waals surface area contributed by atoms with Gasteiger partial charge >= 0.3 is 10.4 Å². The van der Waals surface area contributed by atoms with Gasteiger partial charge in [-0.05, 0) is 62.4 Å². The lowest BCUT2D eigenvalue weighted by atomic mass is 9.94. The van der Waals surface area contributed by atoms with Crippen molar-refractivity contribution in [3.63, 3.8) is 0 Å². The van der Waals surface area contributed by atoms with Crippen LogP contribution in [-0.4, -0.2) is 37.3 Å². The van der Waals surface area contributed by atoms with Gasteiger partial charge in [-0.2, -0.15) is 8.42 Å². The number of phenolic OH excluding ortho intramolecular Hbond substituents is 1. The molecular formula is C21H29NO6S. The summed E-state index contributed by atoms with van der Waals surface area (Å²) >= 11 is 0. The van der Waals surface area contributed by atoms with Crippen molar-refractivity contribution in [2.45, 2.75) is 44.8 Å². The van der Waals surface area contributed by atoms with E-state index < -0.39 is 16.5 Å². The van der Waals surface area contributed by atoms with E-state index in [1.165, 1.54) is 12.1 Å². The van der Waals surface area contributed by atoms with Crippen LogP contribution in [0, 0.1) is 0 Å². The quantitative estimate of drug-likeness (QED) is 0.474. The topological polar surface area (TPSA) is 105 Å². The van der Waals surface area contributed by atoms with Gasteiger partial charge in [0.25, 0.3) is 0 Å². The van der Waals surface area contributed by atoms with Gasteiger partial charge in [0.1, 0.15) is 17.6 Å². The molecule has 0 aliphatic rings. The van der Waals surface area contributed by atoms with Crippen molar-refractivity contribution in [2.75, 3.05) is 13.7 Å². The average molecular weight is 424 g/mol. The number of nitrogens with one attached hydrogen (secondary N) is 1. The molecule has 2 aromatic carbocycles. The van der Waals surface area contributed by atoms with Crippen LogP contribution in [0.1, 0.15) is 43.9 Å². The third-order valence-corrected chi connectivity index (χ3v) is 5.18. The summed E-state index contributed by atoms with van der Waals surface area (Å²) in [4.78, 5) is 0. The second kappa shape index (κ2) is 10.1. The van der Waals surface area contributed by atoms with Crippen LogP contribution in [0.4, 0.5) is 0 Å². The molecule has 1 atom stereocenters. The summed E-state index contributed by atoms with van der Waals surface area (Å²) in [5, 5.41) is 12.7. The number of aryl methyl sites for hydroxylation is 1. The van der Waals surface area contributed by atoms with Crippen LogP contribution in [0.5, 0.6) is 11.5 Å². The number of aromatic hydroxyl groups is 1. The van der Waals surface area contributed by atoms with Gasteiger partial charge in [0.15, 0.2) is 0 Å². The lowest BCUT2D eigenvalue weighted by Crippen LogP contribution is -2.42. The van der Waals surface area contributed by atoms with Crippen LogP contribution in [0.2, 0.25) is 0 Å². The molecule has 2 aromatic rings. The van der Waals surface area contributed by atoms with Crippen molar-refractivity contribution in [3.05, 3.63) is 59.7 Å². The first-order chi connectivity index (χ1) is 13.6. The highest BCUT2D eigenvalue weighted by Crippen LogP contribution is 2.24. The fraction of sp³-hybridized carbons (Fsp3) is 0.429. The van der Waals surface area contributed by atoms with Gasteiger partial charge in [-0.3, -0.25) is 4.55 Å². The highest BCUT2D eigenvalue weighted by molar-refractivity contribution is 7.80. The van der Waals surface area contributed by atoms with Crippen LogP contribution >= 0.6 is 0 Å². The first kappa shape index (κ1) is 23.2. The predicted molar refractivity (Wildman–Crippen MR) is 111 cm³/mol. The van der Waals surface area contributed by atoms with Gasteiger partial charge in [0.05, 0.1) is 7.11 Å². The third-order valence-electron chi connectivity index (χ3n) is 4.71. The highest BCUT2D eigenvalue weighted by atomic mass is 32.3. The zero-order valence-electron chi connectivity index (χ0n) is 17.0. The Morgan fingerprint density at radius 2 is 1.76 bits per heavy atom. The summed E-state index contributed by atoms with van der Waals surface area (Å²) in [7, 11) is -2.97. The fourth-order valence-corrected chi connectivity index (χ4v) is 3.60. The molecule has 0 heterocycles. The predicted octanol–water partition coefficient (Wildman–Crippen LogP) is 3.65. The molecule has 2 rings (SSSR count). The maximum Gasteiger partial charge on any atom is 0.397 e. The molecule has 160 valence electrons. The maximum absolute atomic E-state index is 11.2. The smallest absolute Gasteiger partial charge is 0.397 e. The van der Waals surface area contributed by atoms with E-state index in [-0.39, 0.29) is 17.8 Å². The molecule has 0 saturated carbocycles. The van der Waals surface area contributed by atoms with E-state index >= 15 is 0 Å². The Morgan fingerprint density at radius 3 is 2.38 bits per heavy atom. The van der Waals surface area contributed by atoms with E-state index in [0.29, 0.717) is 5.56 Å². The average Bonchev–Trinajstić information content (AvgIpc) is 2.65. The molecule has 0 radical (unpaired) electrons. The molecule has 0 fully saturated rings. The van der Waals surface area contributed by atoms with Crippen molar-refractivity contribution >= 4 is 10.4 Å². The summed E-state index contributed by atoms with van der Waals surface area (Å²) in [6.07, 6.45) is 1.68. The standard InChI is InChI=1S/C21H29NO6S/c1-21(2,14-6-8-16-7-4-5-9-19(16)27-3)22-15-20(28-29(24,25)26)17-10-12-18(23)13-11-17/h4-5,7,9-13,20,22-23H,6,8,14-15H2,1-3H3,(H,24,25,26). The zero-order valence-corrected chi connectivity index (χ0v) is 17.8. The Hall–Kier alpha value is -2.13. The Kier molecular flexibility index (Phi) is 8.04. The van der Waals surface area contributed by atoms with Crippen molar-refractivity contribution in [2.24, 2.45) is 0 Å². The minimum atomic E-state index is -4.63. The van der Waals surface area contributed by atoms with Crippen LogP contribution in [0.3, 0.4) is 0 Å². The summed E-state index contributed by atoms with van der Waals surface area (Å²) in [5.41, 5.74) is 1.37. The fourth-order valence-electron chi connectivity index (χ4n) is 3.13. The number of phenols is 1. The molecule has 0 aliphatic carbocycles. The molecule has 7 nitrogen and oxygen atoms in total. The van der Waals surface area contributed by atoms with E-state index in [4.69, 9.17) is 13.5 Å². The molecule has 3 N–H and O–H groups in total. The largest absolute Gasteiger partial charge is 0.508 e. The van der Waals surface area contributed by atoms with Crippen LogP contribution in [0.25, 0.3) is 0 Å². The summed E-state index contributed by atoms with van der Waals surface area (Å²) in [5.74, 6) is 0.927. The first-order valence-electron chi connectivity index (χ1n) is 9.41. The van der Waals surface area contributed by atoms with E-state index in [9.17, 15) is 13.5 Å². The zero-order chi connectivity index (χ0) is 21.5. The second-order valence-electron chi connectivity index (χ2n) is 7.53. The van der Waals surface area contributed by atoms with E-state index in [2.05, 4.69) is 5.32 Å². The molecule has 29 heavy (non-hydrogen) atoms. The van der Waals surface area contributed by atoms with E-state index in [1.807, 2.05) is 38.1 Å². The number of benzene rings is 2.